The molecule has 1 saturated carbocycles. The Balaban J connectivity index is 1.73. The second-order valence-electron chi connectivity index (χ2n) is 6.23. The third-order valence-electron chi connectivity index (χ3n) is 4.67. The van der Waals surface area contributed by atoms with Gasteiger partial charge in [0.25, 0.3) is 0 Å². The zero-order chi connectivity index (χ0) is 17.5. The smallest absolute Gasteiger partial charge is 0.391 e. The van der Waals surface area contributed by atoms with Gasteiger partial charge in [0.1, 0.15) is 11.8 Å². The number of carbonyl (C=O) groups is 2. The topological polar surface area (TPSA) is 75.6 Å². The van der Waals surface area contributed by atoms with Crippen LogP contribution < -0.4 is 10.1 Å². The van der Waals surface area contributed by atoms with Crippen LogP contribution in [0.25, 0.3) is 0 Å². The van der Waals surface area contributed by atoms with E-state index in [4.69, 9.17) is 9.84 Å². The maximum Gasteiger partial charge on any atom is 0.391 e. The van der Waals surface area contributed by atoms with E-state index < -0.39 is 41.8 Å². The highest BCUT2D eigenvalue weighted by atomic mass is 19.4. The summed E-state index contributed by atoms with van der Waals surface area (Å²) in [5.74, 6) is -2.20. The maximum atomic E-state index is 12.4. The van der Waals surface area contributed by atoms with Crippen molar-refractivity contribution in [3.8, 4) is 5.75 Å². The Morgan fingerprint density at radius 3 is 2.75 bits per heavy atom. The molecule has 0 saturated heterocycles. The van der Waals surface area contributed by atoms with Crippen molar-refractivity contribution in [1.29, 1.82) is 0 Å². The number of carbonyl (C=O) groups excluding carboxylic acids is 1. The van der Waals surface area contributed by atoms with Gasteiger partial charge in [-0.05, 0) is 18.9 Å². The molecule has 1 aliphatic carbocycles. The van der Waals surface area contributed by atoms with Gasteiger partial charge in [0.15, 0.2) is 0 Å². The summed E-state index contributed by atoms with van der Waals surface area (Å²) in [7, 11) is 0. The van der Waals surface area contributed by atoms with Crippen LogP contribution >= 0.6 is 0 Å². The molecule has 0 radical (unpaired) electrons. The number of amides is 1. The SMILES string of the molecule is O=C(O)[C@H](CC(F)(F)F)NC(=O)[C@@H]1C[C@]12CCOc1ccccc12. The minimum atomic E-state index is -4.66. The molecule has 1 aromatic rings. The van der Waals surface area contributed by atoms with E-state index in [0.29, 0.717) is 25.2 Å². The lowest BCUT2D eigenvalue weighted by molar-refractivity contribution is -0.160. The second kappa shape index (κ2) is 5.68. The molecule has 2 aliphatic rings. The van der Waals surface area contributed by atoms with Gasteiger partial charge in [0.05, 0.1) is 13.0 Å². The van der Waals surface area contributed by atoms with Crippen molar-refractivity contribution in [3.05, 3.63) is 29.8 Å². The van der Waals surface area contributed by atoms with Crippen LogP contribution in [0.1, 0.15) is 24.8 Å². The van der Waals surface area contributed by atoms with E-state index in [1.165, 1.54) is 0 Å². The van der Waals surface area contributed by atoms with Crippen molar-refractivity contribution < 1.29 is 32.6 Å². The standard InChI is InChI=1S/C16H16F3NO4/c17-16(18,19)8-11(14(22)23)20-13(21)10-7-15(10)5-6-24-12-4-2-1-3-9(12)15/h1-4,10-11H,5-8H2,(H,20,21)(H,22,23)/t10-,11-,15-/m0/s1. The summed E-state index contributed by atoms with van der Waals surface area (Å²) in [5.41, 5.74) is 0.402. The average molecular weight is 343 g/mol. The van der Waals surface area contributed by atoms with Crippen LogP contribution in [0.5, 0.6) is 5.75 Å². The molecule has 3 rings (SSSR count). The van der Waals surface area contributed by atoms with Gasteiger partial charge in [0.2, 0.25) is 5.91 Å². The number of rotatable bonds is 4. The number of nitrogens with one attached hydrogen (secondary N) is 1. The first kappa shape index (κ1) is 16.6. The molecule has 24 heavy (non-hydrogen) atoms. The first-order chi connectivity index (χ1) is 11.2. The molecule has 1 aromatic carbocycles. The van der Waals surface area contributed by atoms with E-state index in [9.17, 15) is 22.8 Å². The minimum absolute atomic E-state index is 0.422. The number of hydrogen-bond donors (Lipinski definition) is 2. The fourth-order valence-corrected chi connectivity index (χ4v) is 3.41. The number of aliphatic carboxylic acids is 1. The van der Waals surface area contributed by atoms with Crippen molar-refractivity contribution in [2.45, 2.75) is 36.9 Å². The largest absolute Gasteiger partial charge is 0.493 e. The number of hydrogen-bond acceptors (Lipinski definition) is 3. The van der Waals surface area contributed by atoms with Crippen molar-refractivity contribution in [3.63, 3.8) is 0 Å². The number of ether oxygens (including phenoxy) is 1. The Labute approximate surface area is 135 Å². The third-order valence-corrected chi connectivity index (χ3v) is 4.67. The summed E-state index contributed by atoms with van der Waals surface area (Å²) >= 11 is 0. The highest BCUT2D eigenvalue weighted by Crippen LogP contribution is 2.60. The molecule has 1 amide bonds. The van der Waals surface area contributed by atoms with Gasteiger partial charge in [0, 0.05) is 16.9 Å². The van der Waals surface area contributed by atoms with Crippen molar-refractivity contribution in [2.24, 2.45) is 5.92 Å². The fraction of sp³-hybridized carbons (Fsp3) is 0.500. The van der Waals surface area contributed by atoms with Crippen LogP contribution in [0.2, 0.25) is 0 Å². The lowest BCUT2D eigenvalue weighted by atomic mass is 9.87. The number of alkyl halides is 3. The lowest BCUT2D eigenvalue weighted by Gasteiger charge is -2.27. The summed E-state index contributed by atoms with van der Waals surface area (Å²) in [6.07, 6.45) is -5.19. The van der Waals surface area contributed by atoms with Crippen LogP contribution in [0.3, 0.4) is 0 Å². The summed E-state index contributed by atoms with van der Waals surface area (Å²) in [6, 6.07) is 5.27. The van der Waals surface area contributed by atoms with Crippen LogP contribution in [0.4, 0.5) is 13.2 Å². The normalized spacial score (nSPS) is 26.2. The molecule has 0 unspecified atom stereocenters. The molecular weight excluding hydrogens is 327 g/mol. The molecule has 2 N–H and O–H groups in total. The molecule has 1 fully saturated rings. The van der Waals surface area contributed by atoms with E-state index in [-0.39, 0.29) is 0 Å². The predicted octanol–water partition coefficient (Wildman–Crippen LogP) is 2.25. The zero-order valence-electron chi connectivity index (χ0n) is 12.6. The van der Waals surface area contributed by atoms with E-state index >= 15 is 0 Å². The zero-order valence-corrected chi connectivity index (χ0v) is 12.6. The van der Waals surface area contributed by atoms with Crippen molar-refractivity contribution in [1.82, 2.24) is 5.32 Å². The van der Waals surface area contributed by atoms with Crippen LogP contribution in [0, 0.1) is 5.92 Å². The Morgan fingerprint density at radius 2 is 2.08 bits per heavy atom. The van der Waals surface area contributed by atoms with Gasteiger partial charge in [-0.3, -0.25) is 4.79 Å². The Kier molecular flexibility index (Phi) is 3.93. The van der Waals surface area contributed by atoms with E-state index in [0.717, 1.165) is 5.56 Å². The molecule has 0 aromatic heterocycles. The molecule has 1 aliphatic heterocycles. The van der Waals surface area contributed by atoms with Gasteiger partial charge in [-0.15, -0.1) is 0 Å². The summed E-state index contributed by atoms with van der Waals surface area (Å²) < 4.78 is 42.9. The quantitative estimate of drug-likeness (QED) is 0.879. The van der Waals surface area contributed by atoms with Gasteiger partial charge in [-0.2, -0.15) is 13.2 Å². The van der Waals surface area contributed by atoms with Crippen LogP contribution in [0.15, 0.2) is 24.3 Å². The highest BCUT2D eigenvalue weighted by molar-refractivity contribution is 5.88. The summed E-state index contributed by atoms with van der Waals surface area (Å²) in [6.45, 7) is 0.422. The summed E-state index contributed by atoms with van der Waals surface area (Å²) in [4.78, 5) is 23.3. The van der Waals surface area contributed by atoms with Crippen molar-refractivity contribution >= 4 is 11.9 Å². The number of carboxylic acid groups (broad SMARTS) is 1. The first-order valence-electron chi connectivity index (χ1n) is 7.55. The molecule has 8 heteroatoms. The van der Waals surface area contributed by atoms with Crippen molar-refractivity contribution in [2.75, 3.05) is 6.61 Å². The number of para-hydroxylation sites is 1. The Morgan fingerprint density at radius 1 is 1.38 bits per heavy atom. The number of fused-ring (bicyclic) bond motifs is 2. The number of benzene rings is 1. The molecule has 3 atom stereocenters. The van der Waals surface area contributed by atoms with E-state index in [2.05, 4.69) is 0 Å². The Hall–Kier alpha value is -2.25. The second-order valence-corrected chi connectivity index (χ2v) is 6.23. The predicted molar refractivity (Wildman–Crippen MR) is 76.6 cm³/mol. The lowest BCUT2D eigenvalue weighted by Crippen LogP contribution is -2.45. The van der Waals surface area contributed by atoms with E-state index in [1.54, 1.807) is 12.1 Å². The monoisotopic (exact) mass is 343 g/mol. The van der Waals surface area contributed by atoms with Crippen LogP contribution in [-0.2, 0) is 15.0 Å². The number of carboxylic acids is 1. The number of halogens is 3. The molecule has 5 nitrogen and oxygen atoms in total. The van der Waals surface area contributed by atoms with E-state index in [1.807, 2.05) is 17.4 Å². The van der Waals surface area contributed by atoms with Crippen LogP contribution in [-0.4, -0.2) is 35.8 Å². The third kappa shape index (κ3) is 3.05. The molecule has 1 heterocycles. The summed E-state index contributed by atoms with van der Waals surface area (Å²) in [5, 5.41) is 11.0. The molecular formula is C16H16F3NO4. The molecule has 130 valence electrons. The molecule has 0 bridgehead atoms. The fourth-order valence-electron chi connectivity index (χ4n) is 3.41. The Bertz CT molecular complexity index is 676. The average Bonchev–Trinajstić information content (AvgIpc) is 3.21. The minimum Gasteiger partial charge on any atom is -0.493 e. The first-order valence-corrected chi connectivity index (χ1v) is 7.55. The maximum absolute atomic E-state index is 12.4. The van der Waals surface area contributed by atoms with Gasteiger partial charge < -0.3 is 15.2 Å². The molecule has 1 spiro atoms. The van der Waals surface area contributed by atoms with Gasteiger partial charge in [-0.1, -0.05) is 18.2 Å². The highest BCUT2D eigenvalue weighted by Gasteiger charge is 2.61. The van der Waals surface area contributed by atoms with Gasteiger partial charge >= 0.3 is 12.1 Å². The van der Waals surface area contributed by atoms with Gasteiger partial charge in [-0.25, -0.2) is 4.79 Å².